The molecule has 0 atom stereocenters. The van der Waals surface area contributed by atoms with Gasteiger partial charge in [-0.25, -0.2) is 4.39 Å². The van der Waals surface area contributed by atoms with E-state index >= 15 is 0 Å². The van der Waals surface area contributed by atoms with Gasteiger partial charge in [0.2, 0.25) is 5.91 Å². The number of rotatable bonds is 9. The minimum atomic E-state index is -0.323. The van der Waals surface area contributed by atoms with Crippen LogP contribution in [0.3, 0.4) is 0 Å². The average molecular weight is 476 g/mol. The molecule has 0 spiro atoms. The highest BCUT2D eigenvalue weighted by atomic mass is 19.1. The predicted octanol–water partition coefficient (Wildman–Crippen LogP) is 5.09. The minimum Gasteiger partial charge on any atom is -0.497 e. The first-order valence-corrected chi connectivity index (χ1v) is 11.6. The molecule has 0 aliphatic heterocycles. The molecule has 1 saturated carbocycles. The van der Waals surface area contributed by atoms with E-state index in [1.54, 1.807) is 48.4 Å². The molecule has 0 bridgehead atoms. The number of anilines is 2. The van der Waals surface area contributed by atoms with Gasteiger partial charge in [-0.2, -0.15) is 0 Å². The number of amides is 2. The van der Waals surface area contributed by atoms with E-state index in [0.717, 1.165) is 29.7 Å². The zero-order valence-corrected chi connectivity index (χ0v) is 20.3. The number of nitrogens with one attached hydrogen (secondary N) is 1. The highest BCUT2D eigenvalue weighted by molar-refractivity contribution is 5.95. The number of hydrogen-bond donors (Lipinski definition) is 1. The summed E-state index contributed by atoms with van der Waals surface area (Å²) in [7, 11) is 5.46. The summed E-state index contributed by atoms with van der Waals surface area (Å²) in [6.07, 6.45) is 1.85. The Labute approximate surface area is 205 Å². The number of benzene rings is 3. The fourth-order valence-corrected chi connectivity index (χ4v) is 3.95. The summed E-state index contributed by atoms with van der Waals surface area (Å²) in [4.78, 5) is 29.6. The summed E-state index contributed by atoms with van der Waals surface area (Å²) < 4.78 is 18.7. The molecule has 6 nitrogen and oxygen atoms in total. The van der Waals surface area contributed by atoms with Crippen LogP contribution < -0.4 is 15.0 Å². The lowest BCUT2D eigenvalue weighted by Gasteiger charge is -2.27. The summed E-state index contributed by atoms with van der Waals surface area (Å²) in [5, 5.41) is 3.00. The highest BCUT2D eigenvalue weighted by Crippen LogP contribution is 2.31. The number of methoxy groups -OCH3 is 1. The minimum absolute atomic E-state index is 0.0334. The van der Waals surface area contributed by atoms with Gasteiger partial charge in [0.1, 0.15) is 11.6 Å². The van der Waals surface area contributed by atoms with Crippen LogP contribution in [0.2, 0.25) is 0 Å². The van der Waals surface area contributed by atoms with Gasteiger partial charge in [-0.05, 0) is 78.6 Å². The molecule has 1 fully saturated rings. The molecule has 7 heteroatoms. The molecule has 35 heavy (non-hydrogen) atoms. The van der Waals surface area contributed by atoms with E-state index in [1.165, 1.54) is 12.1 Å². The summed E-state index contributed by atoms with van der Waals surface area (Å²) in [5.41, 5.74) is 3.89. The maximum Gasteiger partial charge on any atom is 0.254 e. The third-order valence-electron chi connectivity index (χ3n) is 6.05. The second-order valence-corrected chi connectivity index (χ2v) is 9.02. The van der Waals surface area contributed by atoms with Crippen LogP contribution in [0, 0.1) is 11.7 Å². The van der Waals surface area contributed by atoms with E-state index in [9.17, 15) is 14.0 Å². The van der Waals surface area contributed by atoms with Crippen molar-refractivity contribution in [1.82, 2.24) is 4.90 Å². The zero-order valence-electron chi connectivity index (χ0n) is 20.3. The molecule has 1 aliphatic rings. The van der Waals surface area contributed by atoms with Gasteiger partial charge in [0.05, 0.1) is 7.11 Å². The standard InChI is InChI=1S/C28H30FN3O3/c1-31(2)26-15-12-24(30-27(33)20-6-7-20)16-22(26)18-32(17-19-4-10-23(29)11-5-19)28(34)21-8-13-25(35-3)14-9-21/h4-5,8-16,20H,6-7,17-18H2,1-3H3,(H,30,33). The number of hydrogen-bond acceptors (Lipinski definition) is 4. The van der Waals surface area contributed by atoms with E-state index in [0.29, 0.717) is 30.1 Å². The Morgan fingerprint density at radius 3 is 2.26 bits per heavy atom. The lowest BCUT2D eigenvalue weighted by atomic mass is 10.1. The molecule has 4 rings (SSSR count). The molecule has 0 aromatic heterocycles. The van der Waals surface area contributed by atoms with Crippen LogP contribution in [0.1, 0.15) is 34.3 Å². The second-order valence-electron chi connectivity index (χ2n) is 9.02. The van der Waals surface area contributed by atoms with Crippen molar-refractivity contribution in [3.63, 3.8) is 0 Å². The van der Waals surface area contributed by atoms with Crippen molar-refractivity contribution >= 4 is 23.2 Å². The van der Waals surface area contributed by atoms with E-state index in [2.05, 4.69) is 5.32 Å². The summed E-state index contributed by atoms with van der Waals surface area (Å²) in [5.74, 6) is 0.315. The number of halogens is 1. The van der Waals surface area contributed by atoms with E-state index < -0.39 is 0 Å². The predicted molar refractivity (Wildman–Crippen MR) is 135 cm³/mol. The van der Waals surface area contributed by atoms with Crippen LogP contribution >= 0.6 is 0 Å². The summed E-state index contributed by atoms with van der Waals surface area (Å²) in [6.45, 7) is 0.611. The Morgan fingerprint density at radius 2 is 1.66 bits per heavy atom. The Bertz CT molecular complexity index is 1190. The van der Waals surface area contributed by atoms with Crippen molar-refractivity contribution in [2.24, 2.45) is 5.92 Å². The van der Waals surface area contributed by atoms with Crippen molar-refractivity contribution in [1.29, 1.82) is 0 Å². The second kappa shape index (κ2) is 10.6. The molecule has 182 valence electrons. The van der Waals surface area contributed by atoms with Crippen LogP contribution in [0.4, 0.5) is 15.8 Å². The third kappa shape index (κ3) is 6.18. The molecule has 3 aromatic carbocycles. The maximum absolute atomic E-state index is 13.6. The molecular weight excluding hydrogens is 445 g/mol. The fraction of sp³-hybridized carbons (Fsp3) is 0.286. The van der Waals surface area contributed by atoms with Gasteiger partial charge in [0, 0.05) is 50.0 Å². The smallest absolute Gasteiger partial charge is 0.254 e. The molecule has 1 N–H and O–H groups in total. The van der Waals surface area contributed by atoms with Crippen LogP contribution in [0.25, 0.3) is 0 Å². The van der Waals surface area contributed by atoms with Gasteiger partial charge in [-0.15, -0.1) is 0 Å². The number of ether oxygens (including phenoxy) is 1. The highest BCUT2D eigenvalue weighted by Gasteiger charge is 2.29. The van der Waals surface area contributed by atoms with Crippen LogP contribution in [0.15, 0.2) is 66.7 Å². The van der Waals surface area contributed by atoms with Gasteiger partial charge in [-0.1, -0.05) is 12.1 Å². The quantitative estimate of drug-likeness (QED) is 0.468. The van der Waals surface area contributed by atoms with E-state index in [1.807, 2.05) is 37.2 Å². The molecule has 0 saturated heterocycles. The topological polar surface area (TPSA) is 61.9 Å². The molecule has 0 unspecified atom stereocenters. The van der Waals surface area contributed by atoms with Crippen molar-refractivity contribution in [2.75, 3.05) is 31.4 Å². The van der Waals surface area contributed by atoms with Gasteiger partial charge >= 0.3 is 0 Å². The molecular formula is C28H30FN3O3. The molecule has 1 aliphatic carbocycles. The Balaban J connectivity index is 1.65. The van der Waals surface area contributed by atoms with Crippen molar-refractivity contribution in [3.8, 4) is 5.75 Å². The van der Waals surface area contributed by atoms with Crippen LogP contribution in [-0.2, 0) is 17.9 Å². The number of carbonyl (C=O) groups excluding carboxylic acids is 2. The van der Waals surface area contributed by atoms with E-state index in [4.69, 9.17) is 4.74 Å². The molecule has 0 heterocycles. The largest absolute Gasteiger partial charge is 0.497 e. The van der Waals surface area contributed by atoms with Crippen molar-refractivity contribution in [3.05, 3.63) is 89.2 Å². The number of nitrogens with zero attached hydrogens (tertiary/aromatic N) is 2. The van der Waals surface area contributed by atoms with Crippen molar-refractivity contribution < 1.29 is 18.7 Å². The van der Waals surface area contributed by atoms with Gasteiger partial charge in [0.15, 0.2) is 0 Å². The van der Waals surface area contributed by atoms with Gasteiger partial charge < -0.3 is 19.9 Å². The first kappa shape index (κ1) is 24.3. The summed E-state index contributed by atoms with van der Waals surface area (Å²) in [6, 6.07) is 18.9. The normalized spacial score (nSPS) is 12.7. The zero-order chi connectivity index (χ0) is 24.9. The molecule has 3 aromatic rings. The Morgan fingerprint density at radius 1 is 0.971 bits per heavy atom. The van der Waals surface area contributed by atoms with Crippen molar-refractivity contribution in [2.45, 2.75) is 25.9 Å². The Hall–Kier alpha value is -3.87. The van der Waals surface area contributed by atoms with Crippen LogP contribution in [-0.4, -0.2) is 37.9 Å². The third-order valence-corrected chi connectivity index (χ3v) is 6.05. The lowest BCUT2D eigenvalue weighted by Crippen LogP contribution is -2.31. The molecule has 2 amide bonds. The lowest BCUT2D eigenvalue weighted by molar-refractivity contribution is -0.117. The maximum atomic E-state index is 13.6. The van der Waals surface area contributed by atoms with Crippen LogP contribution in [0.5, 0.6) is 5.75 Å². The van der Waals surface area contributed by atoms with Gasteiger partial charge in [0.25, 0.3) is 5.91 Å². The fourth-order valence-electron chi connectivity index (χ4n) is 3.95. The first-order chi connectivity index (χ1) is 16.8. The monoisotopic (exact) mass is 475 g/mol. The average Bonchev–Trinajstić information content (AvgIpc) is 3.70. The Kier molecular flexibility index (Phi) is 7.34. The first-order valence-electron chi connectivity index (χ1n) is 11.6. The van der Waals surface area contributed by atoms with Gasteiger partial charge in [-0.3, -0.25) is 9.59 Å². The SMILES string of the molecule is COc1ccc(C(=O)N(Cc2ccc(F)cc2)Cc2cc(NC(=O)C3CC3)ccc2N(C)C)cc1. The molecule has 0 radical (unpaired) electrons. The van der Waals surface area contributed by atoms with E-state index in [-0.39, 0.29) is 23.5 Å². The number of carbonyl (C=O) groups is 2. The summed E-state index contributed by atoms with van der Waals surface area (Å²) >= 11 is 0.